The van der Waals surface area contributed by atoms with Crippen molar-refractivity contribution >= 4 is 45.0 Å². The first kappa shape index (κ1) is 22.1. The number of fused-ring (bicyclic) bond motifs is 2. The number of amides is 1. The van der Waals surface area contributed by atoms with Gasteiger partial charge in [-0.25, -0.2) is 9.97 Å². The van der Waals surface area contributed by atoms with Crippen molar-refractivity contribution < 1.29 is 4.79 Å². The molecule has 9 heteroatoms. The molecule has 178 valence electrons. The molecule has 0 aliphatic carbocycles. The van der Waals surface area contributed by atoms with E-state index >= 15 is 0 Å². The normalized spacial score (nSPS) is 11.6. The van der Waals surface area contributed by atoms with E-state index in [0.29, 0.717) is 5.69 Å². The summed E-state index contributed by atoms with van der Waals surface area (Å²) in [4.78, 5) is 31.8. The number of H-pyrrole nitrogens is 2. The fraction of sp³-hybridized carbons (Fsp3) is 0.148. The Morgan fingerprint density at radius 3 is 2.78 bits per heavy atom. The van der Waals surface area contributed by atoms with Crippen LogP contribution in [0.15, 0.2) is 61.1 Å². The number of anilines is 1. The zero-order valence-electron chi connectivity index (χ0n) is 20.0. The molecule has 6 aromatic rings. The number of nitrogens with zero attached hydrogens (tertiary/aromatic N) is 4. The van der Waals surface area contributed by atoms with Crippen molar-refractivity contribution in [2.45, 2.75) is 20.8 Å². The predicted molar refractivity (Wildman–Crippen MR) is 144 cm³/mol. The van der Waals surface area contributed by atoms with Crippen molar-refractivity contribution in [3.8, 4) is 33.1 Å². The van der Waals surface area contributed by atoms with Gasteiger partial charge in [0, 0.05) is 44.6 Å². The molecule has 0 spiro atoms. The average Bonchev–Trinajstić information content (AvgIpc) is 3.61. The number of aromatic amines is 2. The number of hydrogen-bond acceptors (Lipinski definition) is 6. The lowest BCUT2D eigenvalue weighted by atomic mass is 10.1. The molecule has 0 bridgehead atoms. The van der Waals surface area contributed by atoms with Crippen LogP contribution in [0.1, 0.15) is 18.7 Å². The van der Waals surface area contributed by atoms with Gasteiger partial charge in [-0.05, 0) is 49.4 Å². The Morgan fingerprint density at radius 1 is 1.08 bits per heavy atom. The molecule has 0 aromatic carbocycles. The van der Waals surface area contributed by atoms with Crippen LogP contribution in [0.2, 0.25) is 0 Å². The monoisotopic (exact) mass is 493 g/mol. The minimum absolute atomic E-state index is 0.0565. The van der Waals surface area contributed by atoms with Gasteiger partial charge >= 0.3 is 0 Å². The van der Waals surface area contributed by atoms with Gasteiger partial charge in [0.2, 0.25) is 5.91 Å². The summed E-state index contributed by atoms with van der Waals surface area (Å²) in [6, 6.07) is 14.1. The highest BCUT2D eigenvalue weighted by Gasteiger charge is 2.17. The van der Waals surface area contributed by atoms with Gasteiger partial charge in [0.15, 0.2) is 0 Å². The minimum atomic E-state index is -0.119. The molecule has 6 heterocycles. The summed E-state index contributed by atoms with van der Waals surface area (Å²) in [7, 11) is 0. The number of rotatable bonds is 5. The third kappa shape index (κ3) is 3.93. The lowest BCUT2D eigenvalue weighted by molar-refractivity contribution is -0.118. The first-order valence-electron chi connectivity index (χ1n) is 11.6. The molecule has 0 atom stereocenters. The largest absolute Gasteiger partial charge is 0.338 e. The third-order valence-corrected chi connectivity index (χ3v) is 7.06. The summed E-state index contributed by atoms with van der Waals surface area (Å²) >= 11 is 1.76. The molecule has 0 saturated carbocycles. The zero-order chi connectivity index (χ0) is 24.8. The topological polar surface area (TPSA) is 112 Å². The number of thiophene rings is 1. The summed E-state index contributed by atoms with van der Waals surface area (Å²) < 4.78 is 0. The SMILES string of the molecule is Cc1ccc(-c2ccnc3[nH]c(-c4n[nH]c5ccc(-c6cncc(NC(=O)C(C)C)c6)nc45)cc23)s1. The van der Waals surface area contributed by atoms with E-state index in [1.807, 2.05) is 44.3 Å². The lowest BCUT2D eigenvalue weighted by Crippen LogP contribution is -2.17. The van der Waals surface area contributed by atoms with E-state index in [1.54, 1.807) is 23.7 Å². The van der Waals surface area contributed by atoms with Crippen molar-refractivity contribution in [1.29, 1.82) is 0 Å². The second-order valence-corrected chi connectivity index (χ2v) is 10.3. The number of aryl methyl sites for hydroxylation is 1. The maximum absolute atomic E-state index is 12.1. The van der Waals surface area contributed by atoms with Crippen LogP contribution in [0.3, 0.4) is 0 Å². The molecule has 0 radical (unpaired) electrons. The summed E-state index contributed by atoms with van der Waals surface area (Å²) in [5.74, 6) is -0.175. The van der Waals surface area contributed by atoms with Crippen LogP contribution < -0.4 is 5.32 Å². The van der Waals surface area contributed by atoms with Crippen LogP contribution in [0.25, 0.3) is 55.2 Å². The number of carbonyl (C=O) groups is 1. The average molecular weight is 494 g/mol. The highest BCUT2D eigenvalue weighted by molar-refractivity contribution is 7.15. The summed E-state index contributed by atoms with van der Waals surface area (Å²) in [5.41, 5.74) is 7.25. The highest BCUT2D eigenvalue weighted by atomic mass is 32.1. The molecule has 0 aliphatic rings. The quantitative estimate of drug-likeness (QED) is 0.265. The maximum atomic E-state index is 12.1. The molecule has 0 fully saturated rings. The van der Waals surface area contributed by atoms with Crippen LogP contribution >= 0.6 is 11.3 Å². The fourth-order valence-electron chi connectivity index (χ4n) is 4.13. The molecule has 0 aliphatic heterocycles. The molecule has 8 nitrogen and oxygen atoms in total. The Bertz CT molecular complexity index is 1740. The van der Waals surface area contributed by atoms with Gasteiger partial charge in [-0.3, -0.25) is 14.9 Å². The van der Waals surface area contributed by atoms with Gasteiger partial charge in [0.25, 0.3) is 0 Å². The van der Waals surface area contributed by atoms with E-state index in [-0.39, 0.29) is 11.8 Å². The van der Waals surface area contributed by atoms with E-state index in [1.165, 1.54) is 9.75 Å². The van der Waals surface area contributed by atoms with Gasteiger partial charge in [-0.15, -0.1) is 11.3 Å². The summed E-state index contributed by atoms with van der Waals surface area (Å²) in [5, 5.41) is 11.6. The van der Waals surface area contributed by atoms with E-state index in [0.717, 1.165) is 50.3 Å². The molecule has 1 amide bonds. The van der Waals surface area contributed by atoms with Gasteiger partial charge in [-0.1, -0.05) is 13.8 Å². The zero-order valence-corrected chi connectivity index (χ0v) is 20.8. The molecule has 0 unspecified atom stereocenters. The van der Waals surface area contributed by atoms with Crippen molar-refractivity contribution in [2.24, 2.45) is 5.92 Å². The van der Waals surface area contributed by atoms with Crippen molar-refractivity contribution in [2.75, 3.05) is 5.32 Å². The number of pyridine rings is 3. The first-order chi connectivity index (χ1) is 17.5. The van der Waals surface area contributed by atoms with Gasteiger partial charge in [0.1, 0.15) is 16.9 Å². The molecular formula is C27H23N7OS. The Hall–Kier alpha value is -4.37. The maximum Gasteiger partial charge on any atom is 0.226 e. The lowest BCUT2D eigenvalue weighted by Gasteiger charge is -2.08. The number of nitrogens with one attached hydrogen (secondary N) is 3. The van der Waals surface area contributed by atoms with E-state index < -0.39 is 0 Å². The van der Waals surface area contributed by atoms with Gasteiger partial charge in [-0.2, -0.15) is 5.10 Å². The van der Waals surface area contributed by atoms with E-state index in [4.69, 9.17) is 4.98 Å². The fourth-order valence-corrected chi connectivity index (χ4v) is 5.04. The van der Waals surface area contributed by atoms with Crippen molar-refractivity contribution in [3.05, 3.63) is 65.9 Å². The smallest absolute Gasteiger partial charge is 0.226 e. The molecule has 6 aromatic heterocycles. The predicted octanol–water partition coefficient (Wildman–Crippen LogP) is 6.19. The van der Waals surface area contributed by atoms with E-state index in [2.05, 4.69) is 55.6 Å². The Balaban J connectivity index is 1.41. The third-order valence-electron chi connectivity index (χ3n) is 6.03. The standard InChI is InChI=1S/C27H23N7OS/c1-14(2)27(35)30-17-10-16(12-28-13-17)20-5-6-21-24(31-20)25(34-33-21)22-11-19-18(8-9-29-26(19)32-22)23-7-4-15(3)36-23/h4-14H,1-3H3,(H,29,32)(H,30,35)(H,33,34). The van der Waals surface area contributed by atoms with Crippen LogP contribution in [0.4, 0.5) is 5.69 Å². The van der Waals surface area contributed by atoms with Crippen LogP contribution in [0, 0.1) is 12.8 Å². The summed E-state index contributed by atoms with van der Waals surface area (Å²) in [6.07, 6.45) is 5.20. The highest BCUT2D eigenvalue weighted by Crippen LogP contribution is 2.36. The Kier molecular flexibility index (Phi) is 5.34. The van der Waals surface area contributed by atoms with Crippen LogP contribution in [-0.4, -0.2) is 36.0 Å². The Morgan fingerprint density at radius 2 is 1.97 bits per heavy atom. The second-order valence-electron chi connectivity index (χ2n) is 8.99. The molecule has 6 rings (SSSR count). The molecule has 0 saturated heterocycles. The Labute approximate surface area is 210 Å². The van der Waals surface area contributed by atoms with Crippen LogP contribution in [-0.2, 0) is 4.79 Å². The van der Waals surface area contributed by atoms with Crippen molar-refractivity contribution in [3.63, 3.8) is 0 Å². The second kappa shape index (κ2) is 8.69. The van der Waals surface area contributed by atoms with Gasteiger partial charge in [0.05, 0.1) is 28.8 Å². The summed E-state index contributed by atoms with van der Waals surface area (Å²) in [6.45, 7) is 5.82. The van der Waals surface area contributed by atoms with Crippen LogP contribution in [0.5, 0.6) is 0 Å². The molecular weight excluding hydrogens is 470 g/mol. The minimum Gasteiger partial charge on any atom is -0.338 e. The number of carbonyl (C=O) groups excluding carboxylic acids is 1. The molecule has 36 heavy (non-hydrogen) atoms. The van der Waals surface area contributed by atoms with Gasteiger partial charge < -0.3 is 10.3 Å². The number of hydrogen-bond donors (Lipinski definition) is 3. The van der Waals surface area contributed by atoms with Crippen molar-refractivity contribution in [1.82, 2.24) is 30.1 Å². The molecule has 3 N–H and O–H groups in total. The first-order valence-corrected chi connectivity index (χ1v) is 12.4. The van der Waals surface area contributed by atoms with E-state index in [9.17, 15) is 4.79 Å². The number of aromatic nitrogens is 6.